The lowest BCUT2D eigenvalue weighted by Gasteiger charge is -2.34. The van der Waals surface area contributed by atoms with Crippen LogP contribution in [0.3, 0.4) is 0 Å². The third-order valence-corrected chi connectivity index (χ3v) is 6.28. The highest BCUT2D eigenvalue weighted by Crippen LogP contribution is 2.38. The molecule has 0 aromatic heterocycles. The maximum atomic E-state index is 12.8. The second-order valence-electron chi connectivity index (χ2n) is 5.41. The van der Waals surface area contributed by atoms with Crippen molar-refractivity contribution in [2.75, 3.05) is 26.2 Å². The van der Waals surface area contributed by atoms with Crippen LogP contribution in [0.2, 0.25) is 0 Å². The molecule has 1 saturated heterocycles. The van der Waals surface area contributed by atoms with Gasteiger partial charge in [0, 0.05) is 26.2 Å². The molecule has 1 aromatic carbocycles. The summed E-state index contributed by atoms with van der Waals surface area (Å²) in [5, 5.41) is 0. The van der Waals surface area contributed by atoms with Crippen LogP contribution in [-0.4, -0.2) is 55.8 Å². The quantitative estimate of drug-likeness (QED) is 0.842. The highest BCUT2D eigenvalue weighted by molar-refractivity contribution is 7.89. The number of halogens is 1. The van der Waals surface area contributed by atoms with Gasteiger partial charge in [-0.25, -0.2) is 8.42 Å². The summed E-state index contributed by atoms with van der Waals surface area (Å²) >= 11 is 0.988. The predicted octanol–water partition coefficient (Wildman–Crippen LogP) is 1.01. The molecule has 0 spiro atoms. The largest absolute Gasteiger partial charge is 0.339 e. The molecule has 1 atom stereocenters. The number of sulfonamides is 1. The van der Waals surface area contributed by atoms with Gasteiger partial charge >= 0.3 is 0 Å². The van der Waals surface area contributed by atoms with E-state index in [0.29, 0.717) is 24.5 Å². The van der Waals surface area contributed by atoms with E-state index in [0.717, 1.165) is 11.4 Å². The summed E-state index contributed by atoms with van der Waals surface area (Å²) in [6.45, 7) is 2.79. The van der Waals surface area contributed by atoms with E-state index in [-0.39, 0.29) is 36.3 Å². The summed E-state index contributed by atoms with van der Waals surface area (Å²) in [6.07, 6.45) is 0. The Morgan fingerprint density at radius 2 is 1.92 bits per heavy atom. The Labute approximate surface area is 150 Å². The fourth-order valence-electron chi connectivity index (χ4n) is 2.57. The average molecular weight is 392 g/mol. The molecule has 8 nitrogen and oxygen atoms in total. The molecule has 0 radical (unpaired) electrons. The lowest BCUT2D eigenvalue weighted by Crippen LogP contribution is -2.53. The molecule has 2 N–H and O–H groups in total. The topological polar surface area (TPSA) is 108 Å². The molecule has 3 rings (SSSR count). The standard InChI is InChI=1S/C13H17N5O3S2.ClH/c1-9(14)13(19)17-5-7-18(8-6-17)23(20,21)11-4-2-3-10-12(11)16-22-15-10;/h2-4,9H,5-8,14H2,1H3;1H. The molecular weight excluding hydrogens is 374 g/mol. The number of carbonyl (C=O) groups excluding carboxylic acids is 1. The smallest absolute Gasteiger partial charge is 0.245 e. The summed E-state index contributed by atoms with van der Waals surface area (Å²) < 4.78 is 35.2. The maximum Gasteiger partial charge on any atom is 0.245 e. The zero-order valence-electron chi connectivity index (χ0n) is 13.0. The van der Waals surface area contributed by atoms with Crippen LogP contribution >= 0.6 is 12.4 Å². The van der Waals surface area contributed by atoms with Gasteiger partial charge in [0.25, 0.3) is 0 Å². The van der Waals surface area contributed by atoms with Crippen molar-refractivity contribution in [3.05, 3.63) is 18.2 Å². The van der Waals surface area contributed by atoms with Crippen LogP contribution in [0.25, 0.3) is 0 Å². The Bertz CT molecular complexity index is 813. The third kappa shape index (κ3) is 3.38. The van der Waals surface area contributed by atoms with E-state index < -0.39 is 16.1 Å². The number of hydrogen-bond acceptors (Lipinski definition) is 6. The van der Waals surface area contributed by atoms with E-state index in [4.69, 9.17) is 5.73 Å². The van der Waals surface area contributed by atoms with E-state index in [1.165, 1.54) is 4.31 Å². The molecule has 2 aliphatic rings. The van der Waals surface area contributed by atoms with Crippen LogP contribution in [0.4, 0.5) is 11.4 Å². The minimum atomic E-state index is -3.66. The Hall–Kier alpha value is -1.33. The van der Waals surface area contributed by atoms with Gasteiger partial charge in [0.15, 0.2) is 0 Å². The van der Waals surface area contributed by atoms with Crippen LogP contribution in [-0.2, 0) is 26.2 Å². The fourth-order valence-corrected chi connectivity index (χ4v) is 4.74. The second kappa shape index (κ2) is 7.28. The van der Waals surface area contributed by atoms with Gasteiger partial charge < -0.3 is 10.6 Å². The minimum Gasteiger partial charge on any atom is -0.339 e. The summed E-state index contributed by atoms with van der Waals surface area (Å²) in [5.41, 5.74) is 6.56. The molecule has 132 valence electrons. The number of piperazine rings is 1. The zero-order chi connectivity index (χ0) is 16.6. The van der Waals surface area contributed by atoms with Crippen LogP contribution in [0.15, 0.2) is 31.8 Å². The van der Waals surface area contributed by atoms with E-state index in [9.17, 15) is 13.2 Å². The molecule has 1 unspecified atom stereocenters. The van der Waals surface area contributed by atoms with E-state index in [1.807, 2.05) is 0 Å². The summed E-state index contributed by atoms with van der Waals surface area (Å²) in [6, 6.07) is 4.36. The van der Waals surface area contributed by atoms with Crippen molar-refractivity contribution in [1.82, 2.24) is 9.21 Å². The Morgan fingerprint density at radius 3 is 2.54 bits per heavy atom. The van der Waals surface area contributed by atoms with Gasteiger partial charge in [-0.2, -0.15) is 13.0 Å². The first-order chi connectivity index (χ1) is 10.9. The van der Waals surface area contributed by atoms with E-state index in [1.54, 1.807) is 30.0 Å². The summed E-state index contributed by atoms with van der Waals surface area (Å²) in [4.78, 5) is 13.6. The average Bonchev–Trinajstić information content (AvgIpc) is 3.02. The number of rotatable bonds is 3. The Morgan fingerprint density at radius 1 is 1.25 bits per heavy atom. The van der Waals surface area contributed by atoms with Gasteiger partial charge in [0.05, 0.1) is 17.4 Å². The molecule has 2 heterocycles. The van der Waals surface area contributed by atoms with Gasteiger partial charge in [-0.3, -0.25) is 4.79 Å². The number of benzene rings is 1. The minimum absolute atomic E-state index is 0. The molecule has 24 heavy (non-hydrogen) atoms. The van der Waals surface area contributed by atoms with Gasteiger partial charge in [-0.05, 0) is 19.1 Å². The second-order valence-corrected chi connectivity index (χ2v) is 7.84. The lowest BCUT2D eigenvalue weighted by molar-refractivity contribution is -0.133. The van der Waals surface area contributed by atoms with Crippen molar-refractivity contribution in [3.8, 4) is 0 Å². The third-order valence-electron chi connectivity index (χ3n) is 3.81. The van der Waals surface area contributed by atoms with Crippen LogP contribution < -0.4 is 5.73 Å². The normalized spacial score (nSPS) is 18.5. The summed E-state index contributed by atoms with van der Waals surface area (Å²) in [7, 11) is -3.66. The lowest BCUT2D eigenvalue weighted by atomic mass is 10.2. The van der Waals surface area contributed by atoms with Crippen molar-refractivity contribution in [2.45, 2.75) is 17.9 Å². The first kappa shape index (κ1) is 19.0. The first-order valence-corrected chi connectivity index (χ1v) is 9.34. The number of hydrogen-bond donors (Lipinski definition) is 1. The van der Waals surface area contributed by atoms with Crippen LogP contribution in [0.5, 0.6) is 0 Å². The highest BCUT2D eigenvalue weighted by Gasteiger charge is 2.33. The van der Waals surface area contributed by atoms with Gasteiger partial charge in [0.2, 0.25) is 15.9 Å². The molecule has 2 aliphatic heterocycles. The van der Waals surface area contributed by atoms with Crippen molar-refractivity contribution >= 4 is 51.1 Å². The molecule has 11 heteroatoms. The molecule has 1 fully saturated rings. The zero-order valence-corrected chi connectivity index (χ0v) is 15.4. The monoisotopic (exact) mass is 391 g/mol. The number of fused-ring (bicyclic) bond motifs is 1. The van der Waals surface area contributed by atoms with E-state index in [2.05, 4.69) is 8.73 Å². The van der Waals surface area contributed by atoms with E-state index >= 15 is 0 Å². The number of amides is 1. The molecule has 0 bridgehead atoms. The number of nitrogens with two attached hydrogens (primary N) is 1. The Balaban J connectivity index is 0.00000208. The molecule has 0 saturated carbocycles. The molecule has 1 amide bonds. The van der Waals surface area contributed by atoms with Crippen molar-refractivity contribution < 1.29 is 13.2 Å². The molecular formula is C13H18ClN5O3S2. The van der Waals surface area contributed by atoms with Gasteiger partial charge in [-0.15, -0.1) is 12.4 Å². The maximum absolute atomic E-state index is 12.8. The summed E-state index contributed by atoms with van der Waals surface area (Å²) in [5.74, 6) is -0.159. The van der Waals surface area contributed by atoms with Gasteiger partial charge in [0.1, 0.15) is 16.3 Å². The van der Waals surface area contributed by atoms with Crippen LogP contribution in [0, 0.1) is 0 Å². The van der Waals surface area contributed by atoms with Gasteiger partial charge in [-0.1, -0.05) is 6.07 Å². The van der Waals surface area contributed by atoms with Crippen molar-refractivity contribution in [3.63, 3.8) is 0 Å². The molecule has 0 aliphatic carbocycles. The van der Waals surface area contributed by atoms with Crippen molar-refractivity contribution in [2.24, 2.45) is 14.5 Å². The highest BCUT2D eigenvalue weighted by atomic mass is 35.5. The SMILES string of the molecule is CC(N)C(=O)N1CCN(S(=O)(=O)c2cccc3c2N=S=N3)CC1.Cl. The first-order valence-electron chi connectivity index (χ1n) is 7.17. The predicted molar refractivity (Wildman–Crippen MR) is 94.2 cm³/mol. The number of nitrogens with zero attached hydrogens (tertiary/aromatic N) is 4. The van der Waals surface area contributed by atoms with Crippen molar-refractivity contribution in [1.29, 1.82) is 0 Å². The number of carbonyl (C=O) groups is 1. The molecule has 1 aromatic rings. The fraction of sp³-hybridized carbons (Fsp3) is 0.462. The van der Waals surface area contributed by atoms with Crippen LogP contribution in [0.1, 0.15) is 6.92 Å². The Kier molecular flexibility index (Phi) is 5.76.